The second-order valence-electron chi connectivity index (χ2n) is 11.4. The molecular formula is C33H52N3O2+. The van der Waals surface area contributed by atoms with E-state index in [4.69, 9.17) is 4.74 Å². The SMILES string of the molecule is C=c1ccc2cccc3c2c1=[NH+]C(C)(COC(=O)NCCCCCCCCCCCCCCCCCC)N3. The molecule has 2 aromatic carbocycles. The highest BCUT2D eigenvalue weighted by Gasteiger charge is 2.35. The van der Waals surface area contributed by atoms with Crippen molar-refractivity contribution in [1.29, 1.82) is 0 Å². The fraction of sp³-hybridized carbons (Fsp3) is 0.636. The summed E-state index contributed by atoms with van der Waals surface area (Å²) in [5.41, 5.74) is 0.433. The summed E-state index contributed by atoms with van der Waals surface area (Å²) in [6.45, 7) is 9.34. The van der Waals surface area contributed by atoms with Crippen molar-refractivity contribution in [2.24, 2.45) is 0 Å². The summed E-state index contributed by atoms with van der Waals surface area (Å²) in [5.74, 6) is 0. The normalized spacial score (nSPS) is 16.2. The van der Waals surface area contributed by atoms with Crippen LogP contribution < -0.4 is 26.2 Å². The number of rotatable bonds is 19. The summed E-state index contributed by atoms with van der Waals surface area (Å²) in [7, 11) is 0. The van der Waals surface area contributed by atoms with Gasteiger partial charge in [-0.15, -0.1) is 0 Å². The third kappa shape index (κ3) is 9.96. The van der Waals surface area contributed by atoms with Crippen LogP contribution in [-0.4, -0.2) is 24.9 Å². The Hall–Kier alpha value is -2.56. The predicted molar refractivity (Wildman–Crippen MR) is 160 cm³/mol. The minimum Gasteiger partial charge on any atom is -0.440 e. The molecule has 5 nitrogen and oxygen atoms in total. The first-order valence-electron chi connectivity index (χ1n) is 15.4. The van der Waals surface area contributed by atoms with Gasteiger partial charge < -0.3 is 15.4 Å². The molecule has 3 rings (SSSR count). The van der Waals surface area contributed by atoms with Crippen molar-refractivity contribution in [2.45, 2.75) is 122 Å². The molecule has 0 aliphatic carbocycles. The Kier molecular flexibility index (Phi) is 13.0. The van der Waals surface area contributed by atoms with Crippen molar-refractivity contribution in [3.8, 4) is 0 Å². The first kappa shape index (κ1) is 30.0. The van der Waals surface area contributed by atoms with Crippen LogP contribution in [0.25, 0.3) is 17.4 Å². The molecule has 210 valence electrons. The second kappa shape index (κ2) is 16.4. The Bertz CT molecular complexity index is 1100. The number of carbonyl (C=O) groups is 1. The molecule has 0 aromatic heterocycles. The monoisotopic (exact) mass is 522 g/mol. The number of benzene rings is 2. The van der Waals surface area contributed by atoms with E-state index >= 15 is 0 Å². The Balaban J connectivity index is 1.19. The van der Waals surface area contributed by atoms with E-state index in [1.807, 2.05) is 19.1 Å². The molecule has 5 heteroatoms. The average Bonchev–Trinajstić information content (AvgIpc) is 2.91. The zero-order valence-electron chi connectivity index (χ0n) is 24.1. The summed E-state index contributed by atoms with van der Waals surface area (Å²) in [6.07, 6.45) is 21.2. The van der Waals surface area contributed by atoms with Crippen molar-refractivity contribution in [3.63, 3.8) is 0 Å². The van der Waals surface area contributed by atoms with E-state index in [9.17, 15) is 4.79 Å². The van der Waals surface area contributed by atoms with Gasteiger partial charge in [-0.05, 0) is 23.9 Å². The fourth-order valence-corrected chi connectivity index (χ4v) is 5.47. The van der Waals surface area contributed by atoms with Crippen LogP contribution in [0, 0.1) is 0 Å². The van der Waals surface area contributed by atoms with E-state index in [1.54, 1.807) is 0 Å². The maximum absolute atomic E-state index is 12.3. The first-order chi connectivity index (χ1) is 18.5. The van der Waals surface area contributed by atoms with Gasteiger partial charge in [0.1, 0.15) is 0 Å². The van der Waals surface area contributed by atoms with Crippen LogP contribution in [0.5, 0.6) is 0 Å². The largest absolute Gasteiger partial charge is 0.440 e. The summed E-state index contributed by atoms with van der Waals surface area (Å²) in [6, 6.07) is 10.3. The molecule has 2 aromatic rings. The summed E-state index contributed by atoms with van der Waals surface area (Å²) < 4.78 is 5.57. The predicted octanol–water partition coefficient (Wildman–Crippen LogP) is 6.08. The first-order valence-corrected chi connectivity index (χ1v) is 15.4. The topological polar surface area (TPSA) is 64.3 Å². The van der Waals surface area contributed by atoms with Crippen LogP contribution in [0.15, 0.2) is 30.3 Å². The van der Waals surface area contributed by atoms with Crippen LogP contribution >= 0.6 is 0 Å². The molecule has 1 heterocycles. The molecule has 0 saturated heterocycles. The van der Waals surface area contributed by atoms with Crippen molar-refractivity contribution in [1.82, 2.24) is 5.32 Å². The Labute approximate surface area is 230 Å². The number of nitrogens with one attached hydrogen (secondary N) is 3. The van der Waals surface area contributed by atoms with E-state index in [2.05, 4.69) is 47.3 Å². The highest BCUT2D eigenvalue weighted by Crippen LogP contribution is 2.22. The maximum atomic E-state index is 12.3. The third-order valence-electron chi connectivity index (χ3n) is 7.73. The van der Waals surface area contributed by atoms with E-state index < -0.39 is 5.66 Å². The van der Waals surface area contributed by atoms with Crippen molar-refractivity contribution in [3.05, 3.63) is 40.9 Å². The van der Waals surface area contributed by atoms with E-state index in [-0.39, 0.29) is 12.7 Å². The smallest absolute Gasteiger partial charge is 0.407 e. The second-order valence-corrected chi connectivity index (χ2v) is 11.4. The number of unbranched alkanes of at least 4 members (excludes halogenated alkanes) is 15. The van der Waals surface area contributed by atoms with Crippen LogP contribution in [0.2, 0.25) is 0 Å². The van der Waals surface area contributed by atoms with E-state index in [0.29, 0.717) is 6.54 Å². The number of hydrogen-bond acceptors (Lipinski definition) is 3. The lowest BCUT2D eigenvalue weighted by Gasteiger charge is -2.26. The minimum absolute atomic E-state index is 0.210. The third-order valence-corrected chi connectivity index (χ3v) is 7.73. The molecule has 1 aliphatic heterocycles. The highest BCUT2D eigenvalue weighted by molar-refractivity contribution is 5.93. The zero-order valence-corrected chi connectivity index (χ0v) is 24.1. The van der Waals surface area contributed by atoms with Gasteiger partial charge in [0.05, 0.1) is 11.1 Å². The van der Waals surface area contributed by atoms with Gasteiger partial charge in [0, 0.05) is 18.7 Å². The van der Waals surface area contributed by atoms with Crippen molar-refractivity contribution < 1.29 is 14.5 Å². The lowest BCUT2D eigenvalue weighted by molar-refractivity contribution is -0.581. The number of amides is 1. The van der Waals surface area contributed by atoms with Gasteiger partial charge in [0.15, 0.2) is 6.61 Å². The van der Waals surface area contributed by atoms with Gasteiger partial charge in [-0.2, -0.15) is 0 Å². The van der Waals surface area contributed by atoms with Gasteiger partial charge in [0.25, 0.3) is 5.66 Å². The summed E-state index contributed by atoms with van der Waals surface area (Å²) in [4.78, 5) is 15.8. The quantitative estimate of drug-likeness (QED) is 0.196. The van der Waals surface area contributed by atoms with Crippen molar-refractivity contribution >= 4 is 29.1 Å². The van der Waals surface area contributed by atoms with Crippen molar-refractivity contribution in [2.75, 3.05) is 18.5 Å². The van der Waals surface area contributed by atoms with Gasteiger partial charge >= 0.3 is 6.09 Å². The molecule has 38 heavy (non-hydrogen) atoms. The van der Waals surface area contributed by atoms with Crippen LogP contribution in [0.3, 0.4) is 0 Å². The standard InChI is InChI=1S/C33H51N3O2/c1-4-5-6-7-8-9-10-11-12-13-14-15-16-17-18-19-25-34-32(37)38-26-33(3)35-29-22-20-21-28-24-23-27(2)31(36-33)30(28)29/h20-24,35H,2,4-19,25-26H2,1,3H3,(H,34,37)/p+1. The lowest BCUT2D eigenvalue weighted by atomic mass is 10.0. The number of anilines is 1. The fourth-order valence-electron chi connectivity index (χ4n) is 5.47. The molecular weight excluding hydrogens is 470 g/mol. The Morgan fingerprint density at radius 2 is 1.45 bits per heavy atom. The minimum atomic E-state index is -0.597. The van der Waals surface area contributed by atoms with Crippen LogP contribution in [0.1, 0.15) is 117 Å². The number of ether oxygens (including phenoxy) is 1. The molecule has 0 bridgehead atoms. The number of carbonyl (C=O) groups excluding carboxylic acids is 1. The molecule has 1 amide bonds. The lowest BCUT2D eigenvalue weighted by Crippen LogP contribution is -2.96. The molecule has 0 saturated carbocycles. The van der Waals surface area contributed by atoms with Gasteiger partial charge in [-0.25, -0.2) is 9.79 Å². The van der Waals surface area contributed by atoms with Gasteiger partial charge in [0.2, 0.25) is 5.36 Å². The van der Waals surface area contributed by atoms with Crippen LogP contribution in [-0.2, 0) is 4.74 Å². The molecule has 0 radical (unpaired) electrons. The van der Waals surface area contributed by atoms with Gasteiger partial charge in [-0.3, -0.25) is 0 Å². The molecule has 1 unspecified atom stereocenters. The summed E-state index contributed by atoms with van der Waals surface area (Å²) >= 11 is 0. The van der Waals surface area contributed by atoms with E-state index in [1.165, 1.54) is 89.9 Å². The Morgan fingerprint density at radius 1 is 0.868 bits per heavy atom. The Morgan fingerprint density at radius 3 is 2.05 bits per heavy atom. The average molecular weight is 523 g/mol. The highest BCUT2D eigenvalue weighted by atomic mass is 16.5. The number of hydrogen-bond donors (Lipinski definition) is 3. The molecule has 0 fully saturated rings. The van der Waals surface area contributed by atoms with E-state index in [0.717, 1.165) is 39.9 Å². The van der Waals surface area contributed by atoms with Gasteiger partial charge in [-0.1, -0.05) is 128 Å². The number of alkyl carbamates (subject to hydrolysis) is 1. The molecule has 1 atom stereocenters. The zero-order chi connectivity index (χ0) is 27.1. The van der Waals surface area contributed by atoms with Crippen LogP contribution in [0.4, 0.5) is 10.5 Å². The maximum Gasteiger partial charge on any atom is 0.407 e. The molecule has 1 aliphatic rings. The molecule has 0 spiro atoms. The molecule has 3 N–H and O–H groups in total. The summed E-state index contributed by atoms with van der Waals surface area (Å²) in [5, 5.41) is 10.6.